The summed E-state index contributed by atoms with van der Waals surface area (Å²) in [4.78, 5) is 41.9. The zero-order chi connectivity index (χ0) is 22.0. The van der Waals surface area contributed by atoms with Gasteiger partial charge in [0.25, 0.3) is 11.8 Å². The number of hydrogen-bond acceptors (Lipinski definition) is 4. The van der Waals surface area contributed by atoms with Crippen molar-refractivity contribution in [2.75, 3.05) is 26.2 Å². The van der Waals surface area contributed by atoms with Gasteiger partial charge in [-0.3, -0.25) is 14.4 Å². The molecule has 2 aromatic carbocycles. The van der Waals surface area contributed by atoms with E-state index in [0.717, 1.165) is 11.4 Å². The van der Waals surface area contributed by atoms with Crippen molar-refractivity contribution < 1.29 is 19.1 Å². The molecule has 158 valence electrons. The van der Waals surface area contributed by atoms with Crippen LogP contribution in [0.3, 0.4) is 0 Å². The van der Waals surface area contributed by atoms with Gasteiger partial charge in [0, 0.05) is 50.8 Å². The van der Waals surface area contributed by atoms with Gasteiger partial charge in [-0.25, -0.2) is 0 Å². The van der Waals surface area contributed by atoms with Gasteiger partial charge in [0.2, 0.25) is 17.2 Å². The number of carbonyl (C=O) groups excluding carboxylic acids is 3. The van der Waals surface area contributed by atoms with E-state index in [1.807, 2.05) is 55.5 Å². The second-order valence-electron chi connectivity index (χ2n) is 7.78. The van der Waals surface area contributed by atoms with Crippen LogP contribution in [-0.2, 0) is 9.59 Å². The summed E-state index contributed by atoms with van der Waals surface area (Å²) in [5.41, 5.74) is 2.81. The molecule has 2 heterocycles. The Hall–Kier alpha value is -3.61. The lowest BCUT2D eigenvalue weighted by atomic mass is 9.94. The molecular formula is C24H25N4O3+. The number of rotatable bonds is 4. The summed E-state index contributed by atoms with van der Waals surface area (Å²) < 4.78 is 1.72. The molecule has 2 amide bonds. The van der Waals surface area contributed by atoms with Crippen molar-refractivity contribution >= 4 is 34.7 Å². The second kappa shape index (κ2) is 8.63. The lowest BCUT2D eigenvalue weighted by Gasteiger charge is -2.34. The van der Waals surface area contributed by atoms with Gasteiger partial charge in [0.1, 0.15) is 5.71 Å². The fourth-order valence-corrected chi connectivity index (χ4v) is 4.08. The SMILES string of the molecule is CC1=N[N+](c2ccccc2)=C(C)C1C(=O)C(=O)N1CCN(C(=O)c2ccccc2)CC1. The van der Waals surface area contributed by atoms with Crippen molar-refractivity contribution in [2.24, 2.45) is 11.0 Å². The first-order valence-electron chi connectivity index (χ1n) is 10.4. The molecule has 4 rings (SSSR count). The van der Waals surface area contributed by atoms with Gasteiger partial charge >= 0.3 is 0 Å². The number of hydrogen-bond donors (Lipinski definition) is 0. The fraction of sp³-hybridized carbons (Fsp3) is 0.292. The maximum atomic E-state index is 13.1. The Labute approximate surface area is 181 Å². The molecule has 1 atom stereocenters. The van der Waals surface area contributed by atoms with E-state index in [4.69, 9.17) is 0 Å². The molecule has 31 heavy (non-hydrogen) atoms. The molecule has 7 heteroatoms. The molecule has 0 aromatic heterocycles. The fourth-order valence-electron chi connectivity index (χ4n) is 4.08. The minimum absolute atomic E-state index is 0.0551. The highest BCUT2D eigenvalue weighted by Crippen LogP contribution is 2.22. The standard InChI is InChI=1S/C24H25N4O3/c1-17-21(18(2)28(25-17)20-11-7-4-8-12-20)22(29)24(31)27-15-13-26(14-16-27)23(30)19-9-5-3-6-10-19/h3-12,21H,13-16H2,1-2H3/q+1. The van der Waals surface area contributed by atoms with Crippen LogP contribution in [0.5, 0.6) is 0 Å². The Balaban J connectivity index is 1.42. The monoisotopic (exact) mass is 417 g/mol. The van der Waals surface area contributed by atoms with Crippen molar-refractivity contribution in [2.45, 2.75) is 13.8 Å². The minimum Gasteiger partial charge on any atom is -0.335 e. The largest absolute Gasteiger partial charge is 0.335 e. The Bertz CT molecular complexity index is 1070. The van der Waals surface area contributed by atoms with Gasteiger partial charge < -0.3 is 9.80 Å². The van der Waals surface area contributed by atoms with Crippen LogP contribution in [0.4, 0.5) is 5.69 Å². The van der Waals surface area contributed by atoms with E-state index in [0.29, 0.717) is 37.5 Å². The summed E-state index contributed by atoms with van der Waals surface area (Å²) in [7, 11) is 0. The number of Topliss-reactive ketones (excluding diaryl/α,β-unsaturated/α-hetero) is 1. The molecule has 7 nitrogen and oxygen atoms in total. The molecule has 0 N–H and O–H groups in total. The van der Waals surface area contributed by atoms with E-state index < -0.39 is 17.6 Å². The van der Waals surface area contributed by atoms with Crippen LogP contribution in [0, 0.1) is 5.92 Å². The van der Waals surface area contributed by atoms with E-state index in [-0.39, 0.29) is 5.91 Å². The van der Waals surface area contributed by atoms with E-state index in [9.17, 15) is 14.4 Å². The first kappa shape index (κ1) is 20.7. The van der Waals surface area contributed by atoms with Crippen LogP contribution < -0.4 is 0 Å². The van der Waals surface area contributed by atoms with Crippen molar-refractivity contribution in [3.63, 3.8) is 0 Å². The topological polar surface area (TPSA) is 73.1 Å². The number of ketones is 1. The maximum absolute atomic E-state index is 13.1. The number of para-hydroxylation sites is 1. The highest BCUT2D eigenvalue weighted by atomic mass is 16.2. The molecule has 0 aliphatic carbocycles. The van der Waals surface area contributed by atoms with Crippen LogP contribution in [0.25, 0.3) is 0 Å². The van der Waals surface area contributed by atoms with E-state index in [1.54, 1.807) is 33.5 Å². The molecular weight excluding hydrogens is 392 g/mol. The normalized spacial score (nSPS) is 18.8. The second-order valence-corrected chi connectivity index (χ2v) is 7.78. The zero-order valence-corrected chi connectivity index (χ0v) is 17.7. The Morgan fingerprint density at radius 1 is 0.839 bits per heavy atom. The van der Waals surface area contributed by atoms with E-state index in [2.05, 4.69) is 5.10 Å². The molecule has 0 bridgehead atoms. The summed E-state index contributed by atoms with van der Waals surface area (Å²) in [6.45, 7) is 5.10. The lowest BCUT2D eigenvalue weighted by molar-refractivity contribution is -0.443. The minimum atomic E-state index is -0.656. The summed E-state index contributed by atoms with van der Waals surface area (Å²) >= 11 is 0. The molecule has 1 unspecified atom stereocenters. The van der Waals surface area contributed by atoms with E-state index >= 15 is 0 Å². The van der Waals surface area contributed by atoms with Gasteiger partial charge in [0.05, 0.1) is 0 Å². The summed E-state index contributed by atoms with van der Waals surface area (Å²) in [6, 6.07) is 18.6. The van der Waals surface area contributed by atoms with Gasteiger partial charge in [-0.15, -0.1) is 0 Å². The number of benzene rings is 2. The van der Waals surface area contributed by atoms with Gasteiger partial charge in [-0.2, -0.15) is 0 Å². The van der Waals surface area contributed by atoms with Crippen molar-refractivity contribution in [1.29, 1.82) is 0 Å². The van der Waals surface area contributed by atoms with Crippen molar-refractivity contribution in [3.05, 3.63) is 66.2 Å². The van der Waals surface area contributed by atoms with Crippen LogP contribution in [-0.4, -0.2) is 69.7 Å². The highest BCUT2D eigenvalue weighted by Gasteiger charge is 2.43. The third-order valence-electron chi connectivity index (χ3n) is 5.78. The Morgan fingerprint density at radius 3 is 2.00 bits per heavy atom. The molecule has 2 aliphatic heterocycles. The molecule has 0 spiro atoms. The first-order valence-corrected chi connectivity index (χ1v) is 10.4. The van der Waals surface area contributed by atoms with Crippen molar-refractivity contribution in [3.8, 4) is 0 Å². The summed E-state index contributed by atoms with van der Waals surface area (Å²) in [6.07, 6.45) is 0. The quantitative estimate of drug-likeness (QED) is 0.566. The molecule has 1 saturated heterocycles. The maximum Gasteiger partial charge on any atom is 0.291 e. The van der Waals surface area contributed by atoms with Gasteiger partial charge in [-0.1, -0.05) is 41.1 Å². The third-order valence-corrected chi connectivity index (χ3v) is 5.78. The van der Waals surface area contributed by atoms with E-state index in [1.165, 1.54) is 0 Å². The number of piperazine rings is 1. The third kappa shape index (κ3) is 4.03. The van der Waals surface area contributed by atoms with Crippen LogP contribution in [0.15, 0.2) is 65.8 Å². The zero-order valence-electron chi connectivity index (χ0n) is 17.7. The predicted octanol–water partition coefficient (Wildman–Crippen LogP) is 2.35. The Morgan fingerprint density at radius 2 is 1.39 bits per heavy atom. The predicted molar refractivity (Wildman–Crippen MR) is 118 cm³/mol. The number of amides is 2. The average Bonchev–Trinajstić information content (AvgIpc) is 3.12. The van der Waals surface area contributed by atoms with Gasteiger partial charge in [-0.05, 0) is 24.2 Å². The summed E-state index contributed by atoms with van der Waals surface area (Å²) in [5, 5.41) is 4.51. The lowest BCUT2D eigenvalue weighted by Crippen LogP contribution is -2.53. The highest BCUT2D eigenvalue weighted by molar-refractivity contribution is 6.46. The molecule has 1 fully saturated rings. The van der Waals surface area contributed by atoms with Gasteiger partial charge in [0.15, 0.2) is 5.92 Å². The van der Waals surface area contributed by atoms with Crippen LogP contribution >= 0.6 is 0 Å². The Kier molecular flexibility index (Phi) is 5.75. The molecule has 0 saturated carbocycles. The number of nitrogens with zero attached hydrogens (tertiary/aromatic N) is 4. The van der Waals surface area contributed by atoms with Crippen LogP contribution in [0.1, 0.15) is 24.2 Å². The number of hydrazone groups is 1. The smallest absolute Gasteiger partial charge is 0.291 e. The van der Waals surface area contributed by atoms with Crippen LogP contribution in [0.2, 0.25) is 0 Å². The number of carbonyl (C=O) groups is 3. The first-order chi connectivity index (χ1) is 15.0. The summed E-state index contributed by atoms with van der Waals surface area (Å²) in [5.74, 6) is -1.70. The molecule has 2 aromatic rings. The van der Waals surface area contributed by atoms with Crippen molar-refractivity contribution in [1.82, 2.24) is 9.80 Å². The average molecular weight is 417 g/mol. The molecule has 0 radical (unpaired) electrons. The molecule has 2 aliphatic rings.